The van der Waals surface area contributed by atoms with Crippen LogP contribution >= 0.6 is 11.3 Å². The Kier molecular flexibility index (Phi) is 6.62. The summed E-state index contributed by atoms with van der Waals surface area (Å²) < 4.78 is 75.1. The highest BCUT2D eigenvalue weighted by atomic mass is 32.1. The lowest BCUT2D eigenvalue weighted by molar-refractivity contribution is -0.272. The van der Waals surface area contributed by atoms with Crippen LogP contribution in [0.3, 0.4) is 0 Å². The number of halogens is 5. The highest BCUT2D eigenvalue weighted by molar-refractivity contribution is 7.12. The Morgan fingerprint density at radius 1 is 1.34 bits per heavy atom. The van der Waals surface area contributed by atoms with E-state index in [0.29, 0.717) is 11.3 Å². The minimum atomic E-state index is -4.87. The van der Waals surface area contributed by atoms with Crippen LogP contribution in [-0.2, 0) is 9.53 Å². The van der Waals surface area contributed by atoms with Crippen molar-refractivity contribution in [2.45, 2.75) is 50.7 Å². The fraction of sp³-hybridized carbons (Fsp3) is 0.500. The van der Waals surface area contributed by atoms with E-state index in [4.69, 9.17) is 9.84 Å². The number of amides is 1. The van der Waals surface area contributed by atoms with Gasteiger partial charge in [-0.05, 0) is 26.0 Å². The average molecular weight is 480 g/mol. The number of aromatic nitrogens is 1. The summed E-state index contributed by atoms with van der Waals surface area (Å²) in [5.41, 5.74) is -2.58. The molecule has 0 radical (unpaired) electrons. The van der Waals surface area contributed by atoms with Gasteiger partial charge in [0.15, 0.2) is 17.2 Å². The van der Waals surface area contributed by atoms with Crippen molar-refractivity contribution < 1.29 is 41.7 Å². The topological polar surface area (TPSA) is 91.7 Å². The van der Waals surface area contributed by atoms with E-state index < -0.39 is 60.0 Å². The second-order valence-corrected chi connectivity index (χ2v) is 9.02. The van der Waals surface area contributed by atoms with E-state index >= 15 is 0 Å². The SMILES string of the molecule is Cc1sc([C@@H]2[C@H](C(=O)Nc3ccc([C@H](O)CO)nc3)O[C@@](C)(C(F)(F)F)[C@H]2C)c(F)c1F. The van der Waals surface area contributed by atoms with Gasteiger partial charge in [0.1, 0.15) is 12.2 Å². The number of thiophene rings is 1. The molecule has 1 aliphatic rings. The van der Waals surface area contributed by atoms with Crippen LogP contribution in [0.2, 0.25) is 0 Å². The molecule has 2 aromatic rings. The average Bonchev–Trinajstić information content (AvgIpc) is 3.16. The third kappa shape index (κ3) is 4.12. The molecule has 1 aliphatic heterocycles. The fourth-order valence-corrected chi connectivity index (χ4v) is 4.82. The second-order valence-electron chi connectivity index (χ2n) is 7.77. The molecule has 0 aromatic carbocycles. The molecule has 0 aliphatic carbocycles. The quantitative estimate of drug-likeness (QED) is 0.566. The number of nitrogens with zero attached hydrogens (tertiary/aromatic N) is 1. The molecule has 176 valence electrons. The standard InChI is InChI=1S/C20H21F5N2O4S/c1-8-13(17-15(22)14(21)9(2)32-17)16(31-19(8,3)20(23,24)25)18(30)27-10-4-5-11(26-6-10)12(29)7-28/h4-6,8,12-13,16,28-29H,7H2,1-3H3,(H,27,30)/t8-,12+,13-,16+,19+/m0/s1. The number of aryl methyl sites for hydroxylation is 1. The van der Waals surface area contributed by atoms with Gasteiger partial charge in [0.2, 0.25) is 0 Å². The molecule has 3 rings (SSSR count). The van der Waals surface area contributed by atoms with Crippen molar-refractivity contribution in [1.29, 1.82) is 0 Å². The number of hydrogen-bond donors (Lipinski definition) is 3. The highest BCUT2D eigenvalue weighted by Gasteiger charge is 2.66. The number of alkyl halides is 3. The van der Waals surface area contributed by atoms with Crippen molar-refractivity contribution >= 4 is 22.9 Å². The maximum atomic E-state index is 14.5. The van der Waals surface area contributed by atoms with Crippen molar-refractivity contribution in [3.8, 4) is 0 Å². The molecule has 32 heavy (non-hydrogen) atoms. The van der Waals surface area contributed by atoms with Gasteiger partial charge in [0.05, 0.1) is 29.1 Å². The number of hydrogen-bond acceptors (Lipinski definition) is 6. The predicted molar refractivity (Wildman–Crippen MR) is 105 cm³/mol. The first-order valence-electron chi connectivity index (χ1n) is 9.56. The molecule has 0 spiro atoms. The molecule has 6 nitrogen and oxygen atoms in total. The number of anilines is 1. The number of carbonyl (C=O) groups is 1. The summed E-state index contributed by atoms with van der Waals surface area (Å²) in [6.45, 7) is 2.68. The van der Waals surface area contributed by atoms with Gasteiger partial charge in [0, 0.05) is 16.7 Å². The minimum absolute atomic E-state index is 0.0494. The van der Waals surface area contributed by atoms with E-state index in [1.54, 1.807) is 0 Å². The van der Waals surface area contributed by atoms with E-state index in [2.05, 4.69) is 10.3 Å². The predicted octanol–water partition coefficient (Wildman–Crippen LogP) is 3.83. The van der Waals surface area contributed by atoms with Gasteiger partial charge in [-0.1, -0.05) is 6.92 Å². The number of nitrogens with one attached hydrogen (secondary N) is 1. The first-order valence-corrected chi connectivity index (χ1v) is 10.4. The van der Waals surface area contributed by atoms with Crippen LogP contribution in [0.4, 0.5) is 27.6 Å². The van der Waals surface area contributed by atoms with Gasteiger partial charge < -0.3 is 20.3 Å². The molecule has 1 saturated heterocycles. The van der Waals surface area contributed by atoms with Gasteiger partial charge >= 0.3 is 6.18 Å². The molecule has 0 unspecified atom stereocenters. The molecule has 3 N–H and O–H groups in total. The molecular weight excluding hydrogens is 459 g/mol. The second kappa shape index (κ2) is 8.65. The lowest BCUT2D eigenvalue weighted by Gasteiger charge is -2.31. The van der Waals surface area contributed by atoms with Crippen LogP contribution in [0.25, 0.3) is 0 Å². The van der Waals surface area contributed by atoms with Crippen molar-refractivity contribution in [1.82, 2.24) is 4.98 Å². The Morgan fingerprint density at radius 2 is 2.00 bits per heavy atom. The van der Waals surface area contributed by atoms with Gasteiger partial charge in [-0.3, -0.25) is 9.78 Å². The minimum Gasteiger partial charge on any atom is -0.393 e. The van der Waals surface area contributed by atoms with Gasteiger partial charge in [0.25, 0.3) is 5.91 Å². The summed E-state index contributed by atoms with van der Waals surface area (Å²) in [5, 5.41) is 20.9. The molecular formula is C20H21F5N2O4S. The maximum absolute atomic E-state index is 14.5. The first kappa shape index (κ1) is 24.5. The summed E-state index contributed by atoms with van der Waals surface area (Å²) in [4.78, 5) is 16.4. The molecule has 2 aromatic heterocycles. The molecule has 1 fully saturated rings. The van der Waals surface area contributed by atoms with Crippen molar-refractivity contribution in [3.05, 3.63) is 45.4 Å². The third-order valence-electron chi connectivity index (χ3n) is 5.78. The van der Waals surface area contributed by atoms with Crippen LogP contribution < -0.4 is 5.32 Å². The molecule has 0 saturated carbocycles. The lowest BCUT2D eigenvalue weighted by atomic mass is 9.80. The van der Waals surface area contributed by atoms with E-state index in [1.807, 2.05) is 0 Å². The summed E-state index contributed by atoms with van der Waals surface area (Å²) >= 11 is 0.647. The number of rotatable bonds is 5. The summed E-state index contributed by atoms with van der Waals surface area (Å²) in [6, 6.07) is 2.63. The largest absolute Gasteiger partial charge is 0.417 e. The zero-order chi connectivity index (χ0) is 24.0. The monoisotopic (exact) mass is 480 g/mol. The molecule has 12 heteroatoms. The van der Waals surface area contributed by atoms with Crippen molar-refractivity contribution in [2.24, 2.45) is 5.92 Å². The zero-order valence-corrected chi connectivity index (χ0v) is 18.0. The Labute approximate surface area is 184 Å². The smallest absolute Gasteiger partial charge is 0.393 e. The normalized spacial score (nSPS) is 26.9. The van der Waals surface area contributed by atoms with E-state index in [0.717, 1.165) is 13.1 Å². The van der Waals surface area contributed by atoms with Gasteiger partial charge in [-0.25, -0.2) is 8.78 Å². The van der Waals surface area contributed by atoms with Crippen molar-refractivity contribution in [3.63, 3.8) is 0 Å². The molecule has 5 atom stereocenters. The summed E-state index contributed by atoms with van der Waals surface area (Å²) in [6.07, 6.45) is -6.73. The molecule has 0 bridgehead atoms. The first-order chi connectivity index (χ1) is 14.8. The van der Waals surface area contributed by atoms with E-state index in [9.17, 15) is 31.9 Å². The third-order valence-corrected chi connectivity index (χ3v) is 6.94. The number of aliphatic hydroxyl groups is 2. The number of carbonyl (C=O) groups excluding carboxylic acids is 1. The van der Waals surface area contributed by atoms with E-state index in [1.165, 1.54) is 26.0 Å². The number of ether oxygens (including phenoxy) is 1. The number of pyridine rings is 1. The van der Waals surface area contributed by atoms with Gasteiger partial charge in [-0.2, -0.15) is 13.2 Å². The van der Waals surface area contributed by atoms with E-state index in [-0.39, 0.29) is 21.1 Å². The Hall–Kier alpha value is -2.15. The van der Waals surface area contributed by atoms with Crippen LogP contribution in [0.15, 0.2) is 18.3 Å². The lowest BCUT2D eigenvalue weighted by Crippen LogP contribution is -2.47. The van der Waals surface area contributed by atoms with Crippen molar-refractivity contribution in [2.75, 3.05) is 11.9 Å². The van der Waals surface area contributed by atoms with Crippen LogP contribution in [0.5, 0.6) is 0 Å². The Bertz CT molecular complexity index is 997. The Morgan fingerprint density at radius 3 is 2.47 bits per heavy atom. The summed E-state index contributed by atoms with van der Waals surface area (Å²) in [5.74, 6) is -6.23. The van der Waals surface area contributed by atoms with Crippen LogP contribution in [0, 0.1) is 24.5 Å². The molecule has 1 amide bonds. The molecule has 3 heterocycles. The zero-order valence-electron chi connectivity index (χ0n) is 17.2. The fourth-order valence-electron chi connectivity index (χ4n) is 3.67. The Balaban J connectivity index is 1.95. The van der Waals surface area contributed by atoms with Crippen LogP contribution in [-0.4, -0.2) is 45.6 Å². The highest BCUT2D eigenvalue weighted by Crippen LogP contribution is 2.55. The number of aliphatic hydroxyl groups excluding tert-OH is 2. The van der Waals surface area contributed by atoms with Crippen LogP contribution in [0.1, 0.15) is 41.3 Å². The summed E-state index contributed by atoms with van der Waals surface area (Å²) in [7, 11) is 0. The maximum Gasteiger partial charge on any atom is 0.417 e. The van der Waals surface area contributed by atoms with Gasteiger partial charge in [-0.15, -0.1) is 11.3 Å².